The lowest BCUT2D eigenvalue weighted by atomic mass is 10.2. The van der Waals surface area contributed by atoms with Crippen LogP contribution in [0.5, 0.6) is 11.5 Å². The van der Waals surface area contributed by atoms with Crippen molar-refractivity contribution in [1.82, 2.24) is 25.0 Å². The zero-order chi connectivity index (χ0) is 20.4. The number of benzene rings is 2. The molecule has 0 spiro atoms. The first-order valence-electron chi connectivity index (χ1n) is 8.41. The van der Waals surface area contributed by atoms with E-state index in [0.29, 0.717) is 28.2 Å². The standard InChI is InChI=1S/C18H15N7O4/c1-28-11-7-8-13(15(9-11)29-2)21-17-16(25(26)27)18(20-10-19-17)24-14-6-4-3-5-12(14)22-23-24/h3-10H,1-2H3,(H,19,20,21). The first-order valence-corrected chi connectivity index (χ1v) is 8.41. The molecule has 2 heterocycles. The minimum Gasteiger partial charge on any atom is -0.497 e. The summed E-state index contributed by atoms with van der Waals surface area (Å²) < 4.78 is 11.8. The van der Waals surface area contributed by atoms with Crippen molar-refractivity contribution in [1.29, 1.82) is 0 Å². The highest BCUT2D eigenvalue weighted by atomic mass is 16.6. The van der Waals surface area contributed by atoms with Crippen LogP contribution in [0.1, 0.15) is 0 Å². The summed E-state index contributed by atoms with van der Waals surface area (Å²) in [4.78, 5) is 19.5. The zero-order valence-corrected chi connectivity index (χ0v) is 15.4. The fourth-order valence-corrected chi connectivity index (χ4v) is 2.84. The summed E-state index contributed by atoms with van der Waals surface area (Å²) in [6.45, 7) is 0. The summed E-state index contributed by atoms with van der Waals surface area (Å²) >= 11 is 0. The van der Waals surface area contributed by atoms with Crippen LogP contribution in [-0.4, -0.2) is 44.1 Å². The molecule has 11 heteroatoms. The van der Waals surface area contributed by atoms with Crippen molar-refractivity contribution in [3.63, 3.8) is 0 Å². The molecule has 0 radical (unpaired) electrons. The number of para-hydroxylation sites is 1. The maximum atomic E-state index is 11.9. The Morgan fingerprint density at radius 3 is 2.69 bits per heavy atom. The first-order chi connectivity index (χ1) is 14.1. The van der Waals surface area contributed by atoms with Gasteiger partial charge in [0.1, 0.15) is 23.3 Å². The Kier molecular flexibility index (Phi) is 4.61. The van der Waals surface area contributed by atoms with Crippen molar-refractivity contribution in [3.05, 3.63) is 58.9 Å². The molecule has 0 saturated carbocycles. The number of nitrogens with zero attached hydrogens (tertiary/aromatic N) is 6. The molecule has 2 aromatic carbocycles. The van der Waals surface area contributed by atoms with E-state index in [2.05, 4.69) is 25.6 Å². The lowest BCUT2D eigenvalue weighted by Gasteiger charge is -2.12. The van der Waals surface area contributed by atoms with Crippen molar-refractivity contribution in [2.45, 2.75) is 0 Å². The second-order valence-corrected chi connectivity index (χ2v) is 5.83. The highest BCUT2D eigenvalue weighted by Gasteiger charge is 2.27. The van der Waals surface area contributed by atoms with Gasteiger partial charge in [-0.05, 0) is 24.3 Å². The van der Waals surface area contributed by atoms with E-state index in [-0.39, 0.29) is 17.3 Å². The van der Waals surface area contributed by atoms with Gasteiger partial charge in [-0.1, -0.05) is 17.3 Å². The molecule has 0 aliphatic rings. The van der Waals surface area contributed by atoms with E-state index in [0.717, 1.165) is 0 Å². The van der Waals surface area contributed by atoms with E-state index in [1.54, 1.807) is 42.5 Å². The predicted molar refractivity (Wildman–Crippen MR) is 104 cm³/mol. The Hall–Kier alpha value is -4.28. The number of nitro groups is 1. The number of fused-ring (bicyclic) bond motifs is 1. The second kappa shape index (κ2) is 7.38. The molecule has 11 nitrogen and oxygen atoms in total. The summed E-state index contributed by atoms with van der Waals surface area (Å²) in [7, 11) is 3.02. The van der Waals surface area contributed by atoms with E-state index < -0.39 is 4.92 Å². The summed E-state index contributed by atoms with van der Waals surface area (Å²) in [5, 5.41) is 22.9. The molecule has 0 atom stereocenters. The zero-order valence-electron chi connectivity index (χ0n) is 15.4. The SMILES string of the molecule is COc1ccc(Nc2ncnc(-n3nnc4ccccc43)c2[N+](=O)[O-])c(OC)c1. The number of nitrogens with one attached hydrogen (secondary N) is 1. The number of anilines is 2. The van der Waals surface area contributed by atoms with Crippen LogP contribution in [-0.2, 0) is 0 Å². The Labute approximate surface area is 164 Å². The predicted octanol–water partition coefficient (Wildman–Crippen LogP) is 2.88. The smallest absolute Gasteiger partial charge is 0.356 e. The van der Waals surface area contributed by atoms with Gasteiger partial charge in [-0.25, -0.2) is 9.97 Å². The highest BCUT2D eigenvalue weighted by molar-refractivity contribution is 5.79. The molecule has 0 fully saturated rings. The van der Waals surface area contributed by atoms with Gasteiger partial charge in [0, 0.05) is 6.07 Å². The van der Waals surface area contributed by atoms with Crippen LogP contribution in [0.25, 0.3) is 16.9 Å². The molecule has 2 aromatic heterocycles. The highest BCUT2D eigenvalue weighted by Crippen LogP contribution is 2.35. The van der Waals surface area contributed by atoms with Crippen molar-refractivity contribution in [3.8, 4) is 17.3 Å². The summed E-state index contributed by atoms with van der Waals surface area (Å²) in [5.74, 6) is 1.00. The third-order valence-corrected chi connectivity index (χ3v) is 4.20. The molecule has 0 aliphatic heterocycles. The van der Waals surface area contributed by atoms with E-state index in [1.807, 2.05) is 0 Å². The number of ether oxygens (including phenoxy) is 2. The lowest BCUT2D eigenvalue weighted by Crippen LogP contribution is -2.09. The van der Waals surface area contributed by atoms with Crippen LogP contribution < -0.4 is 14.8 Å². The van der Waals surface area contributed by atoms with Crippen molar-refractivity contribution >= 4 is 28.2 Å². The third-order valence-electron chi connectivity index (χ3n) is 4.20. The summed E-state index contributed by atoms with van der Waals surface area (Å²) in [5.41, 5.74) is 1.31. The average Bonchev–Trinajstić information content (AvgIpc) is 3.17. The normalized spacial score (nSPS) is 10.7. The molecular weight excluding hydrogens is 378 g/mol. The number of rotatable bonds is 6. The molecule has 146 valence electrons. The number of hydrogen-bond acceptors (Lipinski definition) is 9. The minimum atomic E-state index is -0.565. The van der Waals surface area contributed by atoms with Crippen molar-refractivity contribution < 1.29 is 14.4 Å². The molecule has 0 unspecified atom stereocenters. The van der Waals surface area contributed by atoms with Gasteiger partial charge < -0.3 is 14.8 Å². The molecule has 0 amide bonds. The van der Waals surface area contributed by atoms with Crippen LogP contribution in [0.15, 0.2) is 48.8 Å². The molecular formula is C18H15N7O4. The van der Waals surface area contributed by atoms with Crippen molar-refractivity contribution in [2.75, 3.05) is 19.5 Å². The topological polar surface area (TPSA) is 130 Å². The number of methoxy groups -OCH3 is 2. The van der Waals surface area contributed by atoms with Crippen LogP contribution >= 0.6 is 0 Å². The molecule has 4 aromatic rings. The van der Waals surface area contributed by atoms with Gasteiger partial charge in [-0.15, -0.1) is 5.10 Å². The Bertz CT molecular complexity index is 1210. The fourth-order valence-electron chi connectivity index (χ4n) is 2.84. The largest absolute Gasteiger partial charge is 0.497 e. The third kappa shape index (κ3) is 3.25. The van der Waals surface area contributed by atoms with Crippen LogP contribution in [0, 0.1) is 10.1 Å². The molecule has 1 N–H and O–H groups in total. The first kappa shape index (κ1) is 18.1. The van der Waals surface area contributed by atoms with Gasteiger partial charge in [-0.3, -0.25) is 10.1 Å². The molecule has 4 rings (SSSR count). The van der Waals surface area contributed by atoms with E-state index >= 15 is 0 Å². The Morgan fingerprint density at radius 2 is 1.93 bits per heavy atom. The monoisotopic (exact) mass is 393 g/mol. The molecule has 0 bridgehead atoms. The van der Waals surface area contributed by atoms with Gasteiger partial charge >= 0.3 is 5.69 Å². The van der Waals surface area contributed by atoms with Gasteiger partial charge in [0.15, 0.2) is 0 Å². The maximum Gasteiger partial charge on any atom is 0.356 e. The molecule has 0 aliphatic carbocycles. The molecule has 0 saturated heterocycles. The summed E-state index contributed by atoms with van der Waals surface area (Å²) in [6.07, 6.45) is 1.22. The van der Waals surface area contributed by atoms with Gasteiger partial charge in [-0.2, -0.15) is 4.68 Å². The molecule has 29 heavy (non-hydrogen) atoms. The maximum absolute atomic E-state index is 11.9. The number of aromatic nitrogens is 5. The van der Waals surface area contributed by atoms with E-state index in [4.69, 9.17) is 9.47 Å². The quantitative estimate of drug-likeness (QED) is 0.388. The van der Waals surface area contributed by atoms with Gasteiger partial charge in [0.2, 0.25) is 11.6 Å². The average molecular weight is 393 g/mol. The minimum absolute atomic E-state index is 0.00585. The Balaban J connectivity index is 1.84. The van der Waals surface area contributed by atoms with E-state index in [1.165, 1.54) is 25.2 Å². The van der Waals surface area contributed by atoms with Crippen LogP contribution in [0.2, 0.25) is 0 Å². The number of hydrogen-bond donors (Lipinski definition) is 1. The van der Waals surface area contributed by atoms with Gasteiger partial charge in [0.05, 0.1) is 30.3 Å². The lowest BCUT2D eigenvalue weighted by molar-refractivity contribution is -0.384. The van der Waals surface area contributed by atoms with Gasteiger partial charge in [0.25, 0.3) is 0 Å². The Morgan fingerprint density at radius 1 is 1.10 bits per heavy atom. The summed E-state index contributed by atoms with van der Waals surface area (Å²) in [6, 6.07) is 12.1. The van der Waals surface area contributed by atoms with Crippen molar-refractivity contribution in [2.24, 2.45) is 0 Å². The fraction of sp³-hybridized carbons (Fsp3) is 0.111. The van der Waals surface area contributed by atoms with E-state index in [9.17, 15) is 10.1 Å². The second-order valence-electron chi connectivity index (χ2n) is 5.83. The van der Waals surface area contributed by atoms with Crippen LogP contribution in [0.4, 0.5) is 17.2 Å². The van der Waals surface area contributed by atoms with Crippen LogP contribution in [0.3, 0.4) is 0 Å².